The Morgan fingerprint density at radius 1 is 1.15 bits per heavy atom. The first-order valence-corrected chi connectivity index (χ1v) is 7.15. The Morgan fingerprint density at radius 2 is 1.95 bits per heavy atom. The SMILES string of the molecule is COCCC(C)(C)CNCc1ccc2ccccc2n1. The van der Waals surface area contributed by atoms with Gasteiger partial charge in [0, 0.05) is 32.2 Å². The summed E-state index contributed by atoms with van der Waals surface area (Å²) in [6.45, 7) is 7.09. The van der Waals surface area contributed by atoms with Crippen LogP contribution in [0.2, 0.25) is 0 Å². The third-order valence-corrected chi connectivity index (χ3v) is 3.55. The normalized spacial score (nSPS) is 11.9. The molecule has 1 N–H and O–H groups in total. The molecule has 0 radical (unpaired) electrons. The number of fused-ring (bicyclic) bond motifs is 1. The third kappa shape index (κ3) is 4.29. The van der Waals surface area contributed by atoms with Crippen LogP contribution in [0.3, 0.4) is 0 Å². The van der Waals surface area contributed by atoms with Crippen molar-refractivity contribution in [2.45, 2.75) is 26.8 Å². The van der Waals surface area contributed by atoms with Gasteiger partial charge in [-0.2, -0.15) is 0 Å². The summed E-state index contributed by atoms with van der Waals surface area (Å²) < 4.78 is 5.15. The van der Waals surface area contributed by atoms with E-state index in [1.54, 1.807) is 7.11 Å². The maximum Gasteiger partial charge on any atom is 0.0705 e. The van der Waals surface area contributed by atoms with E-state index in [1.807, 2.05) is 12.1 Å². The number of rotatable bonds is 7. The molecule has 3 nitrogen and oxygen atoms in total. The zero-order chi connectivity index (χ0) is 14.4. The quantitative estimate of drug-likeness (QED) is 0.839. The fourth-order valence-electron chi connectivity index (χ4n) is 2.20. The molecule has 0 saturated heterocycles. The molecule has 3 heteroatoms. The molecular formula is C17H24N2O. The third-order valence-electron chi connectivity index (χ3n) is 3.55. The number of nitrogens with zero attached hydrogens (tertiary/aromatic N) is 1. The molecule has 108 valence electrons. The average molecular weight is 272 g/mol. The molecule has 0 amide bonds. The molecule has 1 aromatic heterocycles. The van der Waals surface area contributed by atoms with E-state index in [1.165, 1.54) is 5.39 Å². The molecule has 0 aliphatic carbocycles. The van der Waals surface area contributed by atoms with Gasteiger partial charge in [0.05, 0.1) is 11.2 Å². The predicted octanol–water partition coefficient (Wildman–Crippen LogP) is 3.39. The van der Waals surface area contributed by atoms with Crippen molar-refractivity contribution in [3.05, 3.63) is 42.1 Å². The van der Waals surface area contributed by atoms with Crippen LogP contribution in [0.1, 0.15) is 26.0 Å². The number of pyridine rings is 1. The first kappa shape index (κ1) is 14.9. The number of aromatic nitrogens is 1. The first-order chi connectivity index (χ1) is 9.61. The lowest BCUT2D eigenvalue weighted by atomic mass is 9.90. The summed E-state index contributed by atoms with van der Waals surface area (Å²) >= 11 is 0. The molecule has 0 aliphatic rings. The van der Waals surface area contributed by atoms with Crippen LogP contribution >= 0.6 is 0 Å². The molecule has 1 aromatic carbocycles. The van der Waals surface area contributed by atoms with Gasteiger partial charge in [-0.15, -0.1) is 0 Å². The topological polar surface area (TPSA) is 34.1 Å². The monoisotopic (exact) mass is 272 g/mol. The summed E-state index contributed by atoms with van der Waals surface area (Å²) in [4.78, 5) is 4.67. The zero-order valence-corrected chi connectivity index (χ0v) is 12.6. The fraction of sp³-hybridized carbons (Fsp3) is 0.471. The Morgan fingerprint density at radius 3 is 2.75 bits per heavy atom. The number of hydrogen-bond acceptors (Lipinski definition) is 3. The summed E-state index contributed by atoms with van der Waals surface area (Å²) in [6, 6.07) is 12.4. The highest BCUT2D eigenvalue weighted by molar-refractivity contribution is 5.78. The van der Waals surface area contributed by atoms with Crippen LogP contribution in [0, 0.1) is 5.41 Å². The van der Waals surface area contributed by atoms with Crippen molar-refractivity contribution in [3.63, 3.8) is 0 Å². The van der Waals surface area contributed by atoms with Crippen LogP contribution in [0.4, 0.5) is 0 Å². The predicted molar refractivity (Wildman–Crippen MR) is 83.7 cm³/mol. The Hall–Kier alpha value is -1.45. The number of hydrogen-bond donors (Lipinski definition) is 1. The molecule has 0 spiro atoms. The van der Waals surface area contributed by atoms with Crippen molar-refractivity contribution >= 4 is 10.9 Å². The van der Waals surface area contributed by atoms with Gasteiger partial charge in [-0.25, -0.2) is 0 Å². The molecule has 0 unspecified atom stereocenters. The van der Waals surface area contributed by atoms with E-state index in [0.717, 1.165) is 37.3 Å². The maximum atomic E-state index is 5.15. The summed E-state index contributed by atoms with van der Waals surface area (Å²) in [5.74, 6) is 0. The Kier molecular flexibility index (Phi) is 5.10. The lowest BCUT2D eigenvalue weighted by Gasteiger charge is -2.24. The Labute approximate surface area is 121 Å². The number of benzene rings is 1. The van der Waals surface area contributed by atoms with E-state index in [4.69, 9.17) is 4.74 Å². The van der Waals surface area contributed by atoms with Crippen molar-refractivity contribution < 1.29 is 4.74 Å². The van der Waals surface area contributed by atoms with E-state index in [0.29, 0.717) is 0 Å². The molecule has 1 heterocycles. The number of para-hydroxylation sites is 1. The molecule has 0 saturated carbocycles. The van der Waals surface area contributed by atoms with Crippen molar-refractivity contribution in [2.24, 2.45) is 5.41 Å². The molecule has 0 fully saturated rings. The smallest absolute Gasteiger partial charge is 0.0705 e. The van der Waals surface area contributed by atoms with Gasteiger partial charge in [-0.3, -0.25) is 4.98 Å². The highest BCUT2D eigenvalue weighted by atomic mass is 16.5. The summed E-state index contributed by atoms with van der Waals surface area (Å²) in [5.41, 5.74) is 2.39. The van der Waals surface area contributed by atoms with Gasteiger partial charge in [0.2, 0.25) is 0 Å². The highest BCUT2D eigenvalue weighted by Gasteiger charge is 2.16. The van der Waals surface area contributed by atoms with Crippen LogP contribution in [-0.2, 0) is 11.3 Å². The highest BCUT2D eigenvalue weighted by Crippen LogP contribution is 2.19. The van der Waals surface area contributed by atoms with Crippen molar-refractivity contribution in [1.82, 2.24) is 10.3 Å². The van der Waals surface area contributed by atoms with Gasteiger partial charge in [-0.05, 0) is 24.0 Å². The largest absolute Gasteiger partial charge is 0.385 e. The number of nitrogens with one attached hydrogen (secondary N) is 1. The summed E-state index contributed by atoms with van der Waals surface area (Å²) in [6.07, 6.45) is 1.06. The lowest BCUT2D eigenvalue weighted by Crippen LogP contribution is -2.30. The van der Waals surface area contributed by atoms with Gasteiger partial charge in [0.15, 0.2) is 0 Å². The fourth-order valence-corrected chi connectivity index (χ4v) is 2.20. The molecule has 20 heavy (non-hydrogen) atoms. The minimum atomic E-state index is 0.243. The van der Waals surface area contributed by atoms with Gasteiger partial charge in [0.1, 0.15) is 0 Å². The van der Waals surface area contributed by atoms with Crippen LogP contribution < -0.4 is 5.32 Å². The van der Waals surface area contributed by atoms with Crippen LogP contribution in [0.25, 0.3) is 10.9 Å². The van der Waals surface area contributed by atoms with Crippen LogP contribution in [-0.4, -0.2) is 25.2 Å². The average Bonchev–Trinajstić information content (AvgIpc) is 2.45. The van der Waals surface area contributed by atoms with Crippen molar-refractivity contribution in [1.29, 1.82) is 0 Å². The standard InChI is InChI=1S/C17H24N2O/c1-17(2,10-11-20-3)13-18-12-15-9-8-14-6-4-5-7-16(14)19-15/h4-9,18H,10-13H2,1-3H3. The van der Waals surface area contributed by atoms with E-state index in [-0.39, 0.29) is 5.41 Å². The summed E-state index contributed by atoms with van der Waals surface area (Å²) in [7, 11) is 1.75. The molecule has 2 aromatic rings. The molecule has 0 aliphatic heterocycles. The van der Waals surface area contributed by atoms with E-state index >= 15 is 0 Å². The number of methoxy groups -OCH3 is 1. The van der Waals surface area contributed by atoms with Gasteiger partial charge < -0.3 is 10.1 Å². The van der Waals surface area contributed by atoms with Crippen LogP contribution in [0.15, 0.2) is 36.4 Å². The van der Waals surface area contributed by atoms with E-state index in [2.05, 4.69) is 48.4 Å². The van der Waals surface area contributed by atoms with Gasteiger partial charge >= 0.3 is 0 Å². The molecule has 0 atom stereocenters. The van der Waals surface area contributed by atoms with E-state index < -0.39 is 0 Å². The second-order valence-electron chi connectivity index (χ2n) is 6.01. The Bertz CT molecular complexity index is 551. The van der Waals surface area contributed by atoms with Gasteiger partial charge in [0.25, 0.3) is 0 Å². The molecule has 0 bridgehead atoms. The minimum absolute atomic E-state index is 0.243. The van der Waals surface area contributed by atoms with Crippen molar-refractivity contribution in [2.75, 3.05) is 20.3 Å². The minimum Gasteiger partial charge on any atom is -0.385 e. The van der Waals surface area contributed by atoms with E-state index in [9.17, 15) is 0 Å². The van der Waals surface area contributed by atoms with Crippen LogP contribution in [0.5, 0.6) is 0 Å². The Balaban J connectivity index is 1.89. The first-order valence-electron chi connectivity index (χ1n) is 7.15. The maximum absolute atomic E-state index is 5.15. The molecule has 2 rings (SSSR count). The lowest BCUT2D eigenvalue weighted by molar-refractivity contribution is 0.150. The van der Waals surface area contributed by atoms with Crippen molar-refractivity contribution in [3.8, 4) is 0 Å². The van der Waals surface area contributed by atoms with Gasteiger partial charge in [-0.1, -0.05) is 38.1 Å². The second kappa shape index (κ2) is 6.82. The zero-order valence-electron chi connectivity index (χ0n) is 12.6. The summed E-state index contributed by atoms with van der Waals surface area (Å²) in [5, 5.41) is 4.69. The molecular weight excluding hydrogens is 248 g/mol. The second-order valence-corrected chi connectivity index (χ2v) is 6.01. The number of ether oxygens (including phenoxy) is 1.